The first-order valence-electron chi connectivity index (χ1n) is 6.05. The second kappa shape index (κ2) is 6.54. The fourth-order valence-electron chi connectivity index (χ4n) is 1.78. The zero-order valence-electron chi connectivity index (χ0n) is 10.1. The maximum atomic E-state index is 11.3. The summed E-state index contributed by atoms with van der Waals surface area (Å²) in [4.78, 5) is 11.3. The first-order valence-corrected chi connectivity index (χ1v) is 6.69. The molecular weight excluding hydrogens is 250 g/mol. The van der Waals surface area contributed by atoms with Crippen LogP contribution >= 0.6 is 12.6 Å². The summed E-state index contributed by atoms with van der Waals surface area (Å²) in [5.74, 6) is 2.21. The molecule has 0 saturated heterocycles. The van der Waals surface area contributed by atoms with E-state index in [2.05, 4.69) is 17.9 Å². The van der Waals surface area contributed by atoms with Crippen molar-refractivity contribution in [2.24, 2.45) is 0 Å². The van der Waals surface area contributed by atoms with E-state index in [4.69, 9.17) is 9.47 Å². The minimum absolute atomic E-state index is 0.0440. The molecule has 1 aromatic carbocycles. The Bertz CT molecular complexity index is 423. The molecule has 0 fully saturated rings. The fraction of sp³-hybridized carbons (Fsp3) is 0.462. The Hall–Kier alpha value is -1.36. The molecule has 2 rings (SSSR count). The summed E-state index contributed by atoms with van der Waals surface area (Å²) in [6, 6.07) is 5.89. The number of fused-ring (bicyclic) bond motifs is 1. The molecular formula is C13H17NO3S. The molecule has 0 aliphatic carbocycles. The van der Waals surface area contributed by atoms with Crippen molar-refractivity contribution in [1.29, 1.82) is 0 Å². The molecule has 1 aliphatic rings. The van der Waals surface area contributed by atoms with Crippen molar-refractivity contribution >= 4 is 18.5 Å². The van der Waals surface area contributed by atoms with Gasteiger partial charge in [-0.1, -0.05) is 6.07 Å². The predicted molar refractivity (Wildman–Crippen MR) is 72.6 cm³/mol. The maximum absolute atomic E-state index is 11.3. The highest BCUT2D eigenvalue weighted by atomic mass is 32.1. The Labute approximate surface area is 112 Å². The standard InChI is InChI=1S/C13H17NO3S/c15-13(4-8-18)14-5-3-10-1-2-11-12(9-10)17-7-6-16-11/h1-2,9,18H,3-8H2,(H,14,15). The van der Waals surface area contributed by atoms with Crippen molar-refractivity contribution in [2.75, 3.05) is 25.5 Å². The summed E-state index contributed by atoms with van der Waals surface area (Å²) in [5.41, 5.74) is 1.13. The van der Waals surface area contributed by atoms with E-state index in [0.717, 1.165) is 23.5 Å². The van der Waals surface area contributed by atoms with E-state index in [-0.39, 0.29) is 5.91 Å². The lowest BCUT2D eigenvalue weighted by Crippen LogP contribution is -2.25. The molecule has 98 valence electrons. The van der Waals surface area contributed by atoms with Crippen molar-refractivity contribution < 1.29 is 14.3 Å². The van der Waals surface area contributed by atoms with Crippen LogP contribution in [0.4, 0.5) is 0 Å². The maximum Gasteiger partial charge on any atom is 0.220 e. The van der Waals surface area contributed by atoms with E-state index >= 15 is 0 Å². The van der Waals surface area contributed by atoms with Gasteiger partial charge in [0.15, 0.2) is 11.5 Å². The Kier molecular flexibility index (Phi) is 4.75. The SMILES string of the molecule is O=C(CCS)NCCc1ccc2c(c1)OCCO2. The van der Waals surface area contributed by atoms with Gasteiger partial charge in [0.25, 0.3) is 0 Å². The van der Waals surface area contributed by atoms with Gasteiger partial charge in [-0.15, -0.1) is 0 Å². The third-order valence-corrected chi connectivity index (χ3v) is 2.90. The van der Waals surface area contributed by atoms with Crippen LogP contribution in [0.25, 0.3) is 0 Å². The number of rotatable bonds is 5. The third kappa shape index (κ3) is 3.57. The number of thiol groups is 1. The summed E-state index contributed by atoms with van der Waals surface area (Å²) in [6.07, 6.45) is 1.25. The van der Waals surface area contributed by atoms with Crippen LogP contribution in [0.15, 0.2) is 18.2 Å². The Morgan fingerprint density at radius 3 is 2.83 bits per heavy atom. The van der Waals surface area contributed by atoms with Crippen molar-refractivity contribution in [2.45, 2.75) is 12.8 Å². The van der Waals surface area contributed by atoms with Gasteiger partial charge in [-0.2, -0.15) is 12.6 Å². The summed E-state index contributed by atoms with van der Waals surface area (Å²) < 4.78 is 11.0. The minimum atomic E-state index is 0.0440. The molecule has 5 heteroatoms. The van der Waals surface area contributed by atoms with Gasteiger partial charge in [0.1, 0.15) is 13.2 Å². The van der Waals surface area contributed by atoms with Gasteiger partial charge in [-0.25, -0.2) is 0 Å². The largest absolute Gasteiger partial charge is 0.486 e. The normalized spacial score (nSPS) is 13.2. The van der Waals surface area contributed by atoms with Crippen LogP contribution < -0.4 is 14.8 Å². The lowest BCUT2D eigenvalue weighted by molar-refractivity contribution is -0.120. The molecule has 0 radical (unpaired) electrons. The molecule has 0 bridgehead atoms. The van der Waals surface area contributed by atoms with Crippen molar-refractivity contribution in [3.05, 3.63) is 23.8 Å². The van der Waals surface area contributed by atoms with Crippen LogP contribution in [0.5, 0.6) is 11.5 Å². The lowest BCUT2D eigenvalue weighted by Gasteiger charge is -2.18. The highest BCUT2D eigenvalue weighted by Crippen LogP contribution is 2.30. The van der Waals surface area contributed by atoms with Gasteiger partial charge < -0.3 is 14.8 Å². The quantitative estimate of drug-likeness (QED) is 0.794. The molecule has 1 aromatic rings. The Morgan fingerprint density at radius 1 is 1.28 bits per heavy atom. The molecule has 4 nitrogen and oxygen atoms in total. The van der Waals surface area contributed by atoms with Crippen LogP contribution in [0.2, 0.25) is 0 Å². The fourth-order valence-corrected chi connectivity index (χ4v) is 1.98. The molecule has 0 aromatic heterocycles. The second-order valence-electron chi connectivity index (χ2n) is 4.05. The molecule has 0 atom stereocenters. The Balaban J connectivity index is 1.84. The molecule has 1 aliphatic heterocycles. The Morgan fingerprint density at radius 2 is 2.06 bits per heavy atom. The van der Waals surface area contributed by atoms with Crippen LogP contribution in [-0.2, 0) is 11.2 Å². The topological polar surface area (TPSA) is 47.6 Å². The average Bonchev–Trinajstić information content (AvgIpc) is 2.39. The minimum Gasteiger partial charge on any atom is -0.486 e. The number of benzene rings is 1. The van der Waals surface area contributed by atoms with Gasteiger partial charge in [-0.05, 0) is 29.9 Å². The van der Waals surface area contributed by atoms with Gasteiger partial charge in [0.05, 0.1) is 0 Å². The van der Waals surface area contributed by atoms with Crippen LogP contribution in [0.3, 0.4) is 0 Å². The molecule has 1 heterocycles. The number of nitrogens with one attached hydrogen (secondary N) is 1. The number of ether oxygens (including phenoxy) is 2. The predicted octanol–water partition coefficient (Wildman–Crippen LogP) is 1.44. The number of amides is 1. The summed E-state index contributed by atoms with van der Waals surface area (Å²) in [7, 11) is 0. The average molecular weight is 267 g/mol. The van der Waals surface area contributed by atoms with Crippen molar-refractivity contribution in [3.63, 3.8) is 0 Å². The van der Waals surface area contributed by atoms with Crippen LogP contribution in [0, 0.1) is 0 Å². The molecule has 18 heavy (non-hydrogen) atoms. The first-order chi connectivity index (χ1) is 8.79. The highest BCUT2D eigenvalue weighted by molar-refractivity contribution is 7.80. The molecule has 0 spiro atoms. The zero-order valence-corrected chi connectivity index (χ0v) is 11.0. The number of hydrogen-bond acceptors (Lipinski definition) is 4. The number of hydrogen-bond donors (Lipinski definition) is 2. The summed E-state index contributed by atoms with van der Waals surface area (Å²) in [5, 5.41) is 2.85. The molecule has 0 saturated carbocycles. The second-order valence-corrected chi connectivity index (χ2v) is 4.50. The van der Waals surface area contributed by atoms with E-state index in [0.29, 0.717) is 31.9 Å². The van der Waals surface area contributed by atoms with E-state index < -0.39 is 0 Å². The molecule has 1 amide bonds. The van der Waals surface area contributed by atoms with E-state index in [1.807, 2.05) is 18.2 Å². The van der Waals surface area contributed by atoms with Gasteiger partial charge in [-0.3, -0.25) is 4.79 Å². The van der Waals surface area contributed by atoms with Gasteiger partial charge in [0.2, 0.25) is 5.91 Å². The zero-order chi connectivity index (χ0) is 12.8. The first kappa shape index (κ1) is 13.1. The van der Waals surface area contributed by atoms with Crippen LogP contribution in [-0.4, -0.2) is 31.4 Å². The molecule has 0 unspecified atom stereocenters. The molecule has 1 N–H and O–H groups in total. The van der Waals surface area contributed by atoms with Gasteiger partial charge in [0, 0.05) is 13.0 Å². The van der Waals surface area contributed by atoms with Crippen molar-refractivity contribution in [3.8, 4) is 11.5 Å². The van der Waals surface area contributed by atoms with E-state index in [9.17, 15) is 4.79 Å². The summed E-state index contributed by atoms with van der Waals surface area (Å²) in [6.45, 7) is 1.83. The third-order valence-electron chi connectivity index (χ3n) is 2.68. The van der Waals surface area contributed by atoms with E-state index in [1.54, 1.807) is 0 Å². The number of carbonyl (C=O) groups excluding carboxylic acids is 1. The van der Waals surface area contributed by atoms with Crippen molar-refractivity contribution in [1.82, 2.24) is 5.32 Å². The smallest absolute Gasteiger partial charge is 0.220 e. The monoisotopic (exact) mass is 267 g/mol. The lowest BCUT2D eigenvalue weighted by atomic mass is 10.1. The number of carbonyl (C=O) groups is 1. The van der Waals surface area contributed by atoms with Crippen LogP contribution in [0.1, 0.15) is 12.0 Å². The summed E-state index contributed by atoms with van der Waals surface area (Å²) >= 11 is 4.02. The van der Waals surface area contributed by atoms with E-state index in [1.165, 1.54) is 0 Å². The highest BCUT2D eigenvalue weighted by Gasteiger charge is 2.11. The van der Waals surface area contributed by atoms with Gasteiger partial charge >= 0.3 is 0 Å².